The average molecular weight is 430 g/mol. The average Bonchev–Trinajstić information content (AvgIpc) is 2.54. The summed E-state index contributed by atoms with van der Waals surface area (Å²) in [6.45, 7) is 21.7. The molecular weight excluding hydrogens is 382 g/mol. The van der Waals surface area contributed by atoms with Gasteiger partial charge in [0.1, 0.15) is 5.78 Å². The van der Waals surface area contributed by atoms with E-state index in [-0.39, 0.29) is 28.3 Å². The number of nitrogens with one attached hydrogen (secondary N) is 1. The number of hydrogen-bond donors (Lipinski definition) is 1. The van der Waals surface area contributed by atoms with Crippen LogP contribution in [0.25, 0.3) is 0 Å². The van der Waals surface area contributed by atoms with Crippen LogP contribution in [0.1, 0.15) is 94.9 Å². The van der Waals surface area contributed by atoms with Crippen molar-refractivity contribution in [1.29, 1.82) is 0 Å². The Morgan fingerprint density at radius 1 is 0.733 bits per heavy atom. The van der Waals surface area contributed by atoms with E-state index in [0.717, 1.165) is 6.42 Å². The van der Waals surface area contributed by atoms with E-state index in [1.165, 1.54) is 0 Å². The first-order valence-electron chi connectivity index (χ1n) is 11.2. The summed E-state index contributed by atoms with van der Waals surface area (Å²) in [5.74, 6) is 0.222. The Bertz CT molecular complexity index is 532. The molecule has 0 heterocycles. The molecule has 0 atom stereocenters. The molecule has 0 aliphatic heterocycles. The van der Waals surface area contributed by atoms with Crippen molar-refractivity contribution >= 4 is 11.7 Å². The van der Waals surface area contributed by atoms with E-state index < -0.39 is 5.60 Å². The van der Waals surface area contributed by atoms with Crippen molar-refractivity contribution in [2.45, 2.75) is 112 Å². The number of carbonyl (C=O) groups is 2. The number of Topliss-reactive ketones (excluding diaryl/α,β-unsaturated/α-hetero) is 1. The fourth-order valence-corrected chi connectivity index (χ4v) is 2.92. The van der Waals surface area contributed by atoms with Crippen molar-refractivity contribution in [2.75, 3.05) is 26.4 Å². The largest absolute Gasteiger partial charge is 0.375 e. The van der Waals surface area contributed by atoms with Crippen molar-refractivity contribution in [3.05, 3.63) is 0 Å². The molecular formula is C24H47NO5. The molecule has 30 heavy (non-hydrogen) atoms. The summed E-state index contributed by atoms with van der Waals surface area (Å²) in [4.78, 5) is 24.2. The highest BCUT2D eigenvalue weighted by Crippen LogP contribution is 2.24. The van der Waals surface area contributed by atoms with Crippen LogP contribution in [0.3, 0.4) is 0 Å². The molecule has 0 fully saturated rings. The van der Waals surface area contributed by atoms with Gasteiger partial charge in [0, 0.05) is 25.0 Å². The highest BCUT2D eigenvalue weighted by Gasteiger charge is 2.27. The van der Waals surface area contributed by atoms with Gasteiger partial charge in [-0.05, 0) is 61.3 Å². The second-order valence-corrected chi connectivity index (χ2v) is 10.9. The van der Waals surface area contributed by atoms with E-state index in [4.69, 9.17) is 14.2 Å². The fourth-order valence-electron chi connectivity index (χ4n) is 2.92. The molecule has 178 valence electrons. The smallest absolute Gasteiger partial charge is 0.222 e. The van der Waals surface area contributed by atoms with Crippen molar-refractivity contribution in [1.82, 2.24) is 5.32 Å². The quantitative estimate of drug-likeness (QED) is 0.383. The number of ketones is 1. The van der Waals surface area contributed by atoms with Crippen molar-refractivity contribution in [3.63, 3.8) is 0 Å². The Balaban J connectivity index is 4.15. The van der Waals surface area contributed by atoms with Crippen LogP contribution >= 0.6 is 0 Å². The number of hydrogen-bond acceptors (Lipinski definition) is 5. The summed E-state index contributed by atoms with van der Waals surface area (Å²) < 4.78 is 17.5. The maximum absolute atomic E-state index is 12.1. The van der Waals surface area contributed by atoms with Gasteiger partial charge < -0.3 is 19.5 Å². The molecule has 6 nitrogen and oxygen atoms in total. The van der Waals surface area contributed by atoms with E-state index in [1.54, 1.807) is 0 Å². The van der Waals surface area contributed by atoms with Crippen LogP contribution in [0.4, 0.5) is 0 Å². The first-order chi connectivity index (χ1) is 13.5. The molecule has 0 radical (unpaired) electrons. The molecule has 0 bridgehead atoms. The predicted octanol–water partition coefficient (Wildman–Crippen LogP) is 4.68. The van der Waals surface area contributed by atoms with Gasteiger partial charge in [0.2, 0.25) is 5.91 Å². The van der Waals surface area contributed by atoms with E-state index in [1.807, 2.05) is 69.2 Å². The summed E-state index contributed by atoms with van der Waals surface area (Å²) in [5, 5.41) is 2.88. The van der Waals surface area contributed by atoms with Gasteiger partial charge in [-0.2, -0.15) is 0 Å². The van der Waals surface area contributed by atoms with Gasteiger partial charge in [0.25, 0.3) is 0 Å². The predicted molar refractivity (Wildman–Crippen MR) is 122 cm³/mol. The minimum atomic E-state index is -0.458. The summed E-state index contributed by atoms with van der Waals surface area (Å²) >= 11 is 0. The molecule has 0 spiro atoms. The van der Waals surface area contributed by atoms with Gasteiger partial charge in [0.15, 0.2) is 0 Å². The molecule has 0 rings (SSSR count). The molecule has 0 saturated heterocycles. The zero-order valence-corrected chi connectivity index (χ0v) is 21.2. The number of ether oxygens (including phenoxy) is 3. The SMILES string of the molecule is CCOC(C)(C)CC(=O)NCCOC(C)(C)CCOC(C)(C)CCC(=O)C(C)(C)C. The fraction of sp³-hybridized carbons (Fsp3) is 0.917. The minimum Gasteiger partial charge on any atom is -0.375 e. The first-order valence-corrected chi connectivity index (χ1v) is 11.2. The van der Waals surface area contributed by atoms with E-state index in [0.29, 0.717) is 45.6 Å². The van der Waals surface area contributed by atoms with Crippen LogP contribution in [0.5, 0.6) is 0 Å². The molecule has 0 saturated carbocycles. The third kappa shape index (κ3) is 14.1. The van der Waals surface area contributed by atoms with Gasteiger partial charge in [-0.1, -0.05) is 20.8 Å². The normalized spacial score (nSPS) is 13.4. The lowest BCUT2D eigenvalue weighted by molar-refractivity contribution is -0.128. The molecule has 0 aromatic carbocycles. The van der Waals surface area contributed by atoms with Gasteiger partial charge in [0.05, 0.1) is 36.4 Å². The Morgan fingerprint density at radius 2 is 1.27 bits per heavy atom. The molecule has 0 unspecified atom stereocenters. The van der Waals surface area contributed by atoms with E-state index in [9.17, 15) is 9.59 Å². The Labute approximate surface area is 184 Å². The van der Waals surface area contributed by atoms with Crippen LogP contribution in [0.2, 0.25) is 0 Å². The monoisotopic (exact) mass is 429 g/mol. The first kappa shape index (κ1) is 29.0. The third-order valence-corrected chi connectivity index (χ3v) is 5.03. The molecule has 0 aromatic rings. The lowest BCUT2D eigenvalue weighted by Gasteiger charge is -2.30. The summed E-state index contributed by atoms with van der Waals surface area (Å²) in [6, 6.07) is 0. The Morgan fingerprint density at radius 3 is 1.80 bits per heavy atom. The lowest BCUT2D eigenvalue weighted by atomic mass is 9.86. The van der Waals surface area contributed by atoms with Gasteiger partial charge in [-0.3, -0.25) is 9.59 Å². The van der Waals surface area contributed by atoms with Gasteiger partial charge in [-0.15, -0.1) is 0 Å². The molecule has 0 aliphatic rings. The zero-order chi connectivity index (χ0) is 23.6. The molecule has 0 aliphatic carbocycles. The number of rotatable bonds is 15. The third-order valence-electron chi connectivity index (χ3n) is 5.03. The van der Waals surface area contributed by atoms with Crippen LogP contribution in [0, 0.1) is 5.41 Å². The second kappa shape index (κ2) is 12.2. The van der Waals surface area contributed by atoms with Crippen molar-refractivity contribution < 1.29 is 23.8 Å². The highest BCUT2D eigenvalue weighted by atomic mass is 16.5. The number of carbonyl (C=O) groups excluding carboxylic acids is 2. The summed E-state index contributed by atoms with van der Waals surface area (Å²) in [5.41, 5.74) is -1.47. The molecule has 0 aromatic heterocycles. The number of amides is 1. The summed E-state index contributed by atoms with van der Waals surface area (Å²) in [6.07, 6.45) is 2.28. The molecule has 1 N–H and O–H groups in total. The standard InChI is InChI=1S/C24H47NO5/c1-11-28-24(9,10)18-20(27)25-15-17-30-23(7,8)14-16-29-22(5,6)13-12-19(26)21(2,3)4/h11-18H2,1-10H3,(H,25,27). The molecule has 1 amide bonds. The van der Waals surface area contributed by atoms with Crippen molar-refractivity contribution in [3.8, 4) is 0 Å². The highest BCUT2D eigenvalue weighted by molar-refractivity contribution is 5.83. The zero-order valence-electron chi connectivity index (χ0n) is 21.2. The van der Waals surface area contributed by atoms with Gasteiger partial charge in [-0.25, -0.2) is 0 Å². The maximum Gasteiger partial charge on any atom is 0.222 e. The van der Waals surface area contributed by atoms with Crippen LogP contribution < -0.4 is 5.32 Å². The van der Waals surface area contributed by atoms with Gasteiger partial charge >= 0.3 is 0 Å². The maximum atomic E-state index is 12.1. The summed E-state index contributed by atoms with van der Waals surface area (Å²) in [7, 11) is 0. The second-order valence-electron chi connectivity index (χ2n) is 10.9. The van der Waals surface area contributed by atoms with Crippen LogP contribution in [0.15, 0.2) is 0 Å². The van der Waals surface area contributed by atoms with Crippen LogP contribution in [-0.4, -0.2) is 54.9 Å². The Hall–Kier alpha value is -0.980. The van der Waals surface area contributed by atoms with Crippen molar-refractivity contribution in [2.24, 2.45) is 5.41 Å². The van der Waals surface area contributed by atoms with E-state index >= 15 is 0 Å². The topological polar surface area (TPSA) is 73.9 Å². The molecule has 6 heteroatoms. The van der Waals surface area contributed by atoms with E-state index in [2.05, 4.69) is 5.32 Å². The Kier molecular flexibility index (Phi) is 11.8. The minimum absolute atomic E-state index is 0.0373. The van der Waals surface area contributed by atoms with Crippen LogP contribution in [-0.2, 0) is 23.8 Å². The lowest BCUT2D eigenvalue weighted by Crippen LogP contribution is -2.37.